The normalized spacial score (nSPS) is 13.8. The molecular weight excluding hydrogens is 124 g/mol. The van der Waals surface area contributed by atoms with Crippen molar-refractivity contribution < 1.29 is 5.11 Å². The van der Waals surface area contributed by atoms with Gasteiger partial charge in [-0.15, -0.1) is 6.58 Å². The lowest BCUT2D eigenvalue weighted by atomic mass is 10.2. The number of hydrogen-bond donors (Lipinski definition) is 1. The second kappa shape index (κ2) is 6.56. The Morgan fingerprint density at radius 2 is 2.20 bits per heavy atom. The van der Waals surface area contributed by atoms with Gasteiger partial charge in [-0.25, -0.2) is 0 Å². The number of hydrogen-bond acceptors (Lipinski definition) is 1. The molecule has 0 saturated heterocycles. The van der Waals surface area contributed by atoms with Crippen LogP contribution in [0.5, 0.6) is 0 Å². The summed E-state index contributed by atoms with van der Waals surface area (Å²) >= 11 is 0. The van der Waals surface area contributed by atoms with Crippen LogP contribution in [0.3, 0.4) is 0 Å². The zero-order valence-corrected chi connectivity index (χ0v) is 6.59. The van der Waals surface area contributed by atoms with Gasteiger partial charge in [-0.1, -0.05) is 31.6 Å². The highest BCUT2D eigenvalue weighted by molar-refractivity contribution is 4.89. The van der Waals surface area contributed by atoms with Crippen LogP contribution in [-0.2, 0) is 0 Å². The average molecular weight is 140 g/mol. The van der Waals surface area contributed by atoms with E-state index in [0.29, 0.717) is 6.42 Å². The molecule has 0 amide bonds. The first-order valence-corrected chi connectivity index (χ1v) is 3.76. The summed E-state index contributed by atoms with van der Waals surface area (Å²) in [5, 5.41) is 8.99. The summed E-state index contributed by atoms with van der Waals surface area (Å²) in [6.45, 7) is 5.61. The molecule has 0 spiro atoms. The summed E-state index contributed by atoms with van der Waals surface area (Å²) in [6.07, 6.45) is 8.24. The lowest BCUT2D eigenvalue weighted by Gasteiger charge is -1.97. The van der Waals surface area contributed by atoms with Gasteiger partial charge in [0.15, 0.2) is 0 Å². The summed E-state index contributed by atoms with van der Waals surface area (Å²) in [6, 6.07) is 0. The van der Waals surface area contributed by atoms with Crippen molar-refractivity contribution in [2.75, 3.05) is 0 Å². The van der Waals surface area contributed by atoms with Crippen molar-refractivity contribution in [1.82, 2.24) is 0 Å². The third kappa shape index (κ3) is 5.57. The lowest BCUT2D eigenvalue weighted by Crippen LogP contribution is -1.97. The fraction of sp³-hybridized carbons (Fsp3) is 0.556. The Morgan fingerprint density at radius 1 is 1.50 bits per heavy atom. The summed E-state index contributed by atoms with van der Waals surface area (Å²) in [5.41, 5.74) is 0. The molecule has 0 bridgehead atoms. The van der Waals surface area contributed by atoms with Crippen molar-refractivity contribution in [1.29, 1.82) is 0 Å². The standard InChI is InChI=1S/C9H16O/c1-3-5-6-7-8-9(10)4-2/h4,6-7,9-10H,2-3,5,8H2,1H3/b7-6+/t9-/m1/s1. The van der Waals surface area contributed by atoms with E-state index < -0.39 is 0 Å². The molecule has 0 saturated carbocycles. The third-order valence-corrected chi connectivity index (χ3v) is 1.27. The van der Waals surface area contributed by atoms with Crippen molar-refractivity contribution in [2.45, 2.75) is 32.3 Å². The van der Waals surface area contributed by atoms with Crippen molar-refractivity contribution >= 4 is 0 Å². The van der Waals surface area contributed by atoms with Gasteiger partial charge in [0.25, 0.3) is 0 Å². The molecule has 0 aliphatic rings. The molecular formula is C9H16O. The first kappa shape index (κ1) is 9.44. The molecule has 0 aromatic rings. The van der Waals surface area contributed by atoms with Gasteiger partial charge >= 0.3 is 0 Å². The number of unbranched alkanes of at least 4 members (excludes halogenated alkanes) is 1. The molecule has 58 valence electrons. The highest BCUT2D eigenvalue weighted by atomic mass is 16.3. The number of aliphatic hydroxyl groups is 1. The van der Waals surface area contributed by atoms with E-state index in [9.17, 15) is 0 Å². The van der Waals surface area contributed by atoms with Crippen LogP contribution in [0, 0.1) is 0 Å². The zero-order chi connectivity index (χ0) is 7.82. The topological polar surface area (TPSA) is 20.2 Å². The lowest BCUT2D eigenvalue weighted by molar-refractivity contribution is 0.227. The predicted octanol–water partition coefficient (Wildman–Crippen LogP) is 2.28. The minimum absolute atomic E-state index is 0.367. The van der Waals surface area contributed by atoms with Gasteiger partial charge in [0.05, 0.1) is 6.10 Å². The van der Waals surface area contributed by atoms with Crippen molar-refractivity contribution in [3.63, 3.8) is 0 Å². The molecule has 0 heterocycles. The summed E-state index contributed by atoms with van der Waals surface area (Å²) < 4.78 is 0. The maximum Gasteiger partial charge on any atom is 0.0752 e. The Bertz CT molecular complexity index is 105. The minimum Gasteiger partial charge on any atom is -0.389 e. The van der Waals surface area contributed by atoms with Crippen LogP contribution in [0.4, 0.5) is 0 Å². The molecule has 0 aromatic heterocycles. The van der Waals surface area contributed by atoms with Gasteiger partial charge in [0.2, 0.25) is 0 Å². The minimum atomic E-state index is -0.367. The molecule has 0 aliphatic carbocycles. The van der Waals surface area contributed by atoms with E-state index >= 15 is 0 Å². The first-order valence-electron chi connectivity index (χ1n) is 3.76. The van der Waals surface area contributed by atoms with Gasteiger partial charge in [-0.05, 0) is 12.8 Å². The van der Waals surface area contributed by atoms with E-state index in [-0.39, 0.29) is 6.10 Å². The van der Waals surface area contributed by atoms with E-state index in [2.05, 4.69) is 19.6 Å². The molecule has 1 atom stereocenters. The van der Waals surface area contributed by atoms with Gasteiger partial charge < -0.3 is 5.11 Å². The van der Waals surface area contributed by atoms with Crippen molar-refractivity contribution in [2.24, 2.45) is 0 Å². The second-order valence-corrected chi connectivity index (χ2v) is 2.30. The van der Waals surface area contributed by atoms with E-state index in [1.807, 2.05) is 6.08 Å². The SMILES string of the molecule is C=C[C@@H](O)C/C=C/CCC. The predicted molar refractivity (Wildman–Crippen MR) is 44.9 cm³/mol. The summed E-state index contributed by atoms with van der Waals surface area (Å²) in [7, 11) is 0. The summed E-state index contributed by atoms with van der Waals surface area (Å²) in [4.78, 5) is 0. The van der Waals surface area contributed by atoms with Gasteiger partial charge in [-0.3, -0.25) is 0 Å². The Kier molecular flexibility index (Phi) is 6.19. The number of allylic oxidation sites excluding steroid dienone is 1. The smallest absolute Gasteiger partial charge is 0.0752 e. The monoisotopic (exact) mass is 140 g/mol. The molecule has 1 N–H and O–H groups in total. The Labute approximate surface area is 63.1 Å². The van der Waals surface area contributed by atoms with Crippen LogP contribution in [0.2, 0.25) is 0 Å². The Morgan fingerprint density at radius 3 is 2.70 bits per heavy atom. The molecule has 10 heavy (non-hydrogen) atoms. The fourth-order valence-electron chi connectivity index (χ4n) is 0.616. The maximum atomic E-state index is 8.99. The highest BCUT2D eigenvalue weighted by Crippen LogP contribution is 1.96. The third-order valence-electron chi connectivity index (χ3n) is 1.27. The fourth-order valence-corrected chi connectivity index (χ4v) is 0.616. The Balaban J connectivity index is 3.24. The van der Waals surface area contributed by atoms with Crippen molar-refractivity contribution in [3.8, 4) is 0 Å². The van der Waals surface area contributed by atoms with Crippen LogP contribution < -0.4 is 0 Å². The Hall–Kier alpha value is -0.560. The largest absolute Gasteiger partial charge is 0.389 e. The van der Waals surface area contributed by atoms with Crippen LogP contribution in [0.15, 0.2) is 24.8 Å². The maximum absolute atomic E-state index is 8.99. The van der Waals surface area contributed by atoms with E-state index in [1.165, 1.54) is 6.42 Å². The van der Waals surface area contributed by atoms with E-state index in [0.717, 1.165) is 6.42 Å². The van der Waals surface area contributed by atoms with Gasteiger partial charge in [-0.2, -0.15) is 0 Å². The molecule has 0 rings (SSSR count). The van der Waals surface area contributed by atoms with Crippen LogP contribution in [0.1, 0.15) is 26.2 Å². The second-order valence-electron chi connectivity index (χ2n) is 2.30. The molecule has 0 aromatic carbocycles. The molecule has 0 unspecified atom stereocenters. The average Bonchev–Trinajstić information content (AvgIpc) is 1.98. The quantitative estimate of drug-likeness (QED) is 0.581. The van der Waals surface area contributed by atoms with Crippen molar-refractivity contribution in [3.05, 3.63) is 24.8 Å². The zero-order valence-electron chi connectivity index (χ0n) is 6.59. The van der Waals surface area contributed by atoms with Gasteiger partial charge in [0.1, 0.15) is 0 Å². The molecule has 0 fully saturated rings. The first-order chi connectivity index (χ1) is 4.81. The van der Waals surface area contributed by atoms with Crippen LogP contribution in [-0.4, -0.2) is 11.2 Å². The van der Waals surface area contributed by atoms with Crippen LogP contribution in [0.25, 0.3) is 0 Å². The van der Waals surface area contributed by atoms with E-state index in [1.54, 1.807) is 6.08 Å². The van der Waals surface area contributed by atoms with Gasteiger partial charge in [0, 0.05) is 0 Å². The number of aliphatic hydroxyl groups excluding tert-OH is 1. The van der Waals surface area contributed by atoms with E-state index in [4.69, 9.17) is 5.11 Å². The highest BCUT2D eigenvalue weighted by Gasteiger charge is 1.90. The molecule has 0 radical (unpaired) electrons. The molecule has 1 heteroatoms. The number of rotatable bonds is 5. The van der Waals surface area contributed by atoms with Crippen LogP contribution >= 0.6 is 0 Å². The molecule has 1 nitrogen and oxygen atoms in total. The summed E-state index contributed by atoms with van der Waals surface area (Å²) in [5.74, 6) is 0. The molecule has 0 aliphatic heterocycles.